The minimum atomic E-state index is -0.667. The van der Waals surface area contributed by atoms with Crippen LogP contribution in [0, 0.1) is 6.92 Å². The third kappa shape index (κ3) is 5.56. The Bertz CT molecular complexity index is 742. The Hall–Kier alpha value is -2.59. The van der Waals surface area contributed by atoms with Crippen LogP contribution < -0.4 is 10.2 Å². The standard InChI is InChI=1S/C19H19ClN2O2/c1-14-13-17(20)10-11-18(14)24-15(2)19(23)22-21-12-6-9-16-7-4-3-5-8-16/h3-13,15H,1-2H3,(H,22,23)/b9-6+,21-12+. The minimum absolute atomic E-state index is 0.325. The molecule has 124 valence electrons. The van der Waals surface area contributed by atoms with Gasteiger partial charge >= 0.3 is 0 Å². The first-order valence-corrected chi connectivity index (χ1v) is 7.91. The molecule has 0 aromatic heterocycles. The number of amides is 1. The number of hydrogen-bond acceptors (Lipinski definition) is 3. The minimum Gasteiger partial charge on any atom is -0.481 e. The van der Waals surface area contributed by atoms with Crippen molar-refractivity contribution in [3.8, 4) is 5.75 Å². The van der Waals surface area contributed by atoms with Crippen LogP contribution in [0.15, 0.2) is 59.7 Å². The maximum absolute atomic E-state index is 12.0. The van der Waals surface area contributed by atoms with E-state index in [1.54, 1.807) is 31.2 Å². The summed E-state index contributed by atoms with van der Waals surface area (Å²) in [6, 6.07) is 15.1. The van der Waals surface area contributed by atoms with E-state index in [9.17, 15) is 4.79 Å². The lowest BCUT2D eigenvalue weighted by Gasteiger charge is -2.14. The number of rotatable bonds is 6. The average Bonchev–Trinajstić information content (AvgIpc) is 2.57. The summed E-state index contributed by atoms with van der Waals surface area (Å²) in [6.45, 7) is 3.54. The number of hydrogen-bond donors (Lipinski definition) is 1. The first-order chi connectivity index (χ1) is 11.6. The molecule has 0 radical (unpaired) electrons. The van der Waals surface area contributed by atoms with E-state index in [-0.39, 0.29) is 5.91 Å². The average molecular weight is 343 g/mol. The molecule has 0 spiro atoms. The SMILES string of the molecule is Cc1cc(Cl)ccc1OC(C)C(=O)N/N=C/C=C/c1ccccc1. The molecule has 1 atom stereocenters. The van der Waals surface area contributed by atoms with Gasteiger partial charge in [-0.15, -0.1) is 0 Å². The lowest BCUT2D eigenvalue weighted by Crippen LogP contribution is -2.33. The summed E-state index contributed by atoms with van der Waals surface area (Å²) in [5.74, 6) is 0.295. The maximum atomic E-state index is 12.0. The van der Waals surface area contributed by atoms with Gasteiger partial charge in [0.05, 0.1) is 0 Å². The zero-order valence-electron chi connectivity index (χ0n) is 13.6. The maximum Gasteiger partial charge on any atom is 0.280 e. The van der Waals surface area contributed by atoms with Gasteiger partial charge in [-0.25, -0.2) is 5.43 Å². The van der Waals surface area contributed by atoms with Crippen molar-refractivity contribution in [2.75, 3.05) is 0 Å². The molecule has 0 aliphatic rings. The Morgan fingerprint density at radius 3 is 2.71 bits per heavy atom. The highest BCUT2D eigenvalue weighted by atomic mass is 35.5. The van der Waals surface area contributed by atoms with Crippen LogP contribution in [-0.2, 0) is 4.79 Å². The fourth-order valence-corrected chi connectivity index (χ4v) is 2.17. The molecule has 24 heavy (non-hydrogen) atoms. The number of allylic oxidation sites excluding steroid dienone is 1. The third-order valence-electron chi connectivity index (χ3n) is 3.23. The van der Waals surface area contributed by atoms with E-state index in [0.717, 1.165) is 11.1 Å². The van der Waals surface area contributed by atoms with Crippen LogP contribution in [-0.4, -0.2) is 18.2 Å². The fraction of sp³-hybridized carbons (Fsp3) is 0.158. The summed E-state index contributed by atoms with van der Waals surface area (Å²) < 4.78 is 5.63. The molecular weight excluding hydrogens is 324 g/mol. The molecule has 2 aromatic carbocycles. The second kappa shape index (κ2) is 8.89. The second-order valence-corrected chi connectivity index (χ2v) is 5.63. The topological polar surface area (TPSA) is 50.7 Å². The van der Waals surface area contributed by atoms with Gasteiger partial charge in [0.25, 0.3) is 5.91 Å². The zero-order chi connectivity index (χ0) is 17.4. The molecule has 0 bridgehead atoms. The summed E-state index contributed by atoms with van der Waals surface area (Å²) in [5, 5.41) is 4.50. The van der Waals surface area contributed by atoms with Crippen molar-refractivity contribution in [3.05, 3.63) is 70.8 Å². The molecule has 0 heterocycles. The number of nitrogens with zero attached hydrogens (tertiary/aromatic N) is 1. The van der Waals surface area contributed by atoms with Crippen LogP contribution in [0.5, 0.6) is 5.75 Å². The largest absolute Gasteiger partial charge is 0.481 e. The van der Waals surface area contributed by atoms with Crippen LogP contribution in [0.25, 0.3) is 6.08 Å². The van der Waals surface area contributed by atoms with Gasteiger partial charge in [-0.3, -0.25) is 4.79 Å². The van der Waals surface area contributed by atoms with Gasteiger partial charge in [0, 0.05) is 11.2 Å². The fourth-order valence-electron chi connectivity index (χ4n) is 1.94. The van der Waals surface area contributed by atoms with Gasteiger partial charge < -0.3 is 4.74 Å². The van der Waals surface area contributed by atoms with E-state index in [2.05, 4.69) is 10.5 Å². The summed E-state index contributed by atoms with van der Waals surface area (Å²) in [5.41, 5.74) is 4.38. The third-order valence-corrected chi connectivity index (χ3v) is 3.47. The van der Waals surface area contributed by atoms with Crippen molar-refractivity contribution >= 4 is 29.8 Å². The number of carbonyl (C=O) groups is 1. The molecule has 2 aromatic rings. The quantitative estimate of drug-likeness (QED) is 0.631. The van der Waals surface area contributed by atoms with Crippen LogP contribution in [0.2, 0.25) is 5.02 Å². The molecule has 0 saturated carbocycles. The van der Waals surface area contributed by atoms with Gasteiger partial charge in [-0.1, -0.05) is 48.0 Å². The first kappa shape index (κ1) is 17.8. The van der Waals surface area contributed by atoms with E-state index in [1.807, 2.05) is 43.3 Å². The Balaban J connectivity index is 1.83. The predicted molar refractivity (Wildman–Crippen MR) is 98.4 cm³/mol. The molecule has 4 nitrogen and oxygen atoms in total. The van der Waals surface area contributed by atoms with Crippen LogP contribution in [0.1, 0.15) is 18.1 Å². The molecule has 2 rings (SSSR count). The van der Waals surface area contributed by atoms with E-state index in [4.69, 9.17) is 16.3 Å². The highest BCUT2D eigenvalue weighted by Gasteiger charge is 2.14. The molecule has 5 heteroatoms. The monoisotopic (exact) mass is 342 g/mol. The van der Waals surface area contributed by atoms with Crippen molar-refractivity contribution in [2.45, 2.75) is 20.0 Å². The normalized spacial score (nSPS) is 12.5. The van der Waals surface area contributed by atoms with E-state index in [1.165, 1.54) is 6.21 Å². The Labute approximate surface area is 146 Å². The van der Waals surface area contributed by atoms with Crippen molar-refractivity contribution in [1.29, 1.82) is 0 Å². The molecule has 1 unspecified atom stereocenters. The van der Waals surface area contributed by atoms with Crippen molar-refractivity contribution < 1.29 is 9.53 Å². The molecule has 0 aliphatic heterocycles. The first-order valence-electron chi connectivity index (χ1n) is 7.53. The van der Waals surface area contributed by atoms with Gasteiger partial charge in [-0.2, -0.15) is 5.10 Å². The highest BCUT2D eigenvalue weighted by Crippen LogP contribution is 2.22. The number of aryl methyl sites for hydroxylation is 1. The van der Waals surface area contributed by atoms with Gasteiger partial charge in [0.1, 0.15) is 5.75 Å². The number of benzene rings is 2. The van der Waals surface area contributed by atoms with Gasteiger partial charge in [-0.05, 0) is 49.2 Å². The molecule has 0 aliphatic carbocycles. The predicted octanol–water partition coefficient (Wildman–Crippen LogP) is 4.23. The van der Waals surface area contributed by atoms with Crippen LogP contribution in [0.4, 0.5) is 0 Å². The number of nitrogens with one attached hydrogen (secondary N) is 1. The Morgan fingerprint density at radius 1 is 1.25 bits per heavy atom. The van der Waals surface area contributed by atoms with Crippen LogP contribution in [0.3, 0.4) is 0 Å². The molecule has 0 fully saturated rings. The molecule has 1 N–H and O–H groups in total. The summed E-state index contributed by atoms with van der Waals surface area (Å²) in [6.07, 6.45) is 4.50. The molecular formula is C19H19ClN2O2. The van der Waals surface area contributed by atoms with Gasteiger partial charge in [0.15, 0.2) is 6.10 Å². The number of carbonyl (C=O) groups excluding carboxylic acids is 1. The zero-order valence-corrected chi connectivity index (χ0v) is 14.3. The van der Waals surface area contributed by atoms with Crippen molar-refractivity contribution in [1.82, 2.24) is 5.43 Å². The van der Waals surface area contributed by atoms with Crippen molar-refractivity contribution in [3.63, 3.8) is 0 Å². The lowest BCUT2D eigenvalue weighted by atomic mass is 10.2. The van der Waals surface area contributed by atoms with Gasteiger partial charge in [0.2, 0.25) is 0 Å². The smallest absolute Gasteiger partial charge is 0.280 e. The lowest BCUT2D eigenvalue weighted by molar-refractivity contribution is -0.127. The number of ether oxygens (including phenoxy) is 1. The Kier molecular flexibility index (Phi) is 6.58. The van der Waals surface area contributed by atoms with Crippen molar-refractivity contribution in [2.24, 2.45) is 5.10 Å². The highest BCUT2D eigenvalue weighted by molar-refractivity contribution is 6.30. The Morgan fingerprint density at radius 2 is 2.00 bits per heavy atom. The molecule has 1 amide bonds. The second-order valence-electron chi connectivity index (χ2n) is 5.19. The summed E-state index contributed by atoms with van der Waals surface area (Å²) in [7, 11) is 0. The van der Waals surface area contributed by atoms with E-state index in [0.29, 0.717) is 10.8 Å². The number of halogens is 1. The summed E-state index contributed by atoms with van der Waals surface area (Å²) >= 11 is 5.90. The molecule has 0 saturated heterocycles. The van der Waals surface area contributed by atoms with E-state index >= 15 is 0 Å². The summed E-state index contributed by atoms with van der Waals surface area (Å²) in [4.78, 5) is 12.0. The van der Waals surface area contributed by atoms with Crippen LogP contribution >= 0.6 is 11.6 Å². The van der Waals surface area contributed by atoms with E-state index < -0.39 is 6.10 Å². The number of hydrazone groups is 1.